The van der Waals surface area contributed by atoms with E-state index < -0.39 is 0 Å². The van der Waals surface area contributed by atoms with Crippen LogP contribution in [-0.2, 0) is 5.75 Å². The lowest BCUT2D eigenvalue weighted by molar-refractivity contribution is 0.478. The second-order valence-electron chi connectivity index (χ2n) is 2.33. The summed E-state index contributed by atoms with van der Waals surface area (Å²) in [5.41, 5.74) is 7.09. The molecule has 0 aliphatic heterocycles. The number of hydrogen-bond donors (Lipinski definition) is 2. The zero-order valence-electron chi connectivity index (χ0n) is 6.37. The molecule has 0 saturated heterocycles. The molecule has 0 fully saturated rings. The maximum Gasteiger partial charge on any atom is 0.138 e. The first-order valence-corrected chi connectivity index (χ1v) is 4.69. The van der Waals surface area contributed by atoms with Gasteiger partial charge in [-0.15, -0.1) is 0 Å². The molecule has 1 rings (SSSR count). The van der Waals surface area contributed by atoms with Gasteiger partial charge < -0.3 is 10.8 Å². The molecule has 0 saturated carbocycles. The fourth-order valence-electron chi connectivity index (χ4n) is 0.860. The number of nitrogen functional groups attached to an aromatic ring is 1. The third-order valence-corrected chi connectivity index (χ3v) is 2.02. The molecule has 0 bridgehead atoms. The molecule has 0 aliphatic carbocycles. The predicted octanol–water partition coefficient (Wildman–Crippen LogP) is 1.84. The molecule has 0 atom stereocenters. The number of hydrogen-bond acceptors (Lipinski definition) is 3. The van der Waals surface area contributed by atoms with Gasteiger partial charge in [-0.05, 0) is 24.0 Å². The monoisotopic (exact) mass is 169 g/mol. The molecule has 0 spiro atoms. The number of benzene rings is 1. The van der Waals surface area contributed by atoms with Crippen LogP contribution in [-0.4, -0.2) is 11.4 Å². The lowest BCUT2D eigenvalue weighted by Gasteiger charge is -2.01. The highest BCUT2D eigenvalue weighted by molar-refractivity contribution is 7.97. The number of aromatic hydroxyl groups is 1. The number of thioether (sulfide) groups is 1. The van der Waals surface area contributed by atoms with Crippen LogP contribution in [0.5, 0.6) is 5.75 Å². The van der Waals surface area contributed by atoms with E-state index in [1.54, 1.807) is 23.9 Å². The number of nitrogens with two attached hydrogens (primary N) is 1. The van der Waals surface area contributed by atoms with E-state index in [-0.39, 0.29) is 5.75 Å². The van der Waals surface area contributed by atoms with Crippen molar-refractivity contribution in [2.24, 2.45) is 0 Å². The minimum Gasteiger partial charge on any atom is -0.506 e. The topological polar surface area (TPSA) is 46.2 Å². The smallest absolute Gasteiger partial charge is 0.138 e. The van der Waals surface area contributed by atoms with Crippen molar-refractivity contribution >= 4 is 17.4 Å². The Bertz CT molecular complexity index is 250. The Hall–Kier alpha value is -0.830. The van der Waals surface area contributed by atoms with Crippen molar-refractivity contribution in [3.05, 3.63) is 23.8 Å². The Morgan fingerprint density at radius 3 is 2.82 bits per heavy atom. The average molecular weight is 169 g/mol. The first kappa shape index (κ1) is 8.27. The highest BCUT2D eigenvalue weighted by Gasteiger charge is 1.96. The molecule has 0 aliphatic rings. The van der Waals surface area contributed by atoms with E-state index in [0.29, 0.717) is 5.69 Å². The third kappa shape index (κ3) is 2.05. The first-order valence-electron chi connectivity index (χ1n) is 3.30. The largest absolute Gasteiger partial charge is 0.506 e. The van der Waals surface area contributed by atoms with Crippen LogP contribution in [0.1, 0.15) is 5.56 Å². The molecular weight excluding hydrogens is 158 g/mol. The second-order valence-corrected chi connectivity index (χ2v) is 3.19. The predicted molar refractivity (Wildman–Crippen MR) is 49.7 cm³/mol. The van der Waals surface area contributed by atoms with Gasteiger partial charge in [0.1, 0.15) is 5.75 Å². The molecule has 3 N–H and O–H groups in total. The van der Waals surface area contributed by atoms with Crippen LogP contribution in [0.3, 0.4) is 0 Å². The zero-order chi connectivity index (χ0) is 8.27. The van der Waals surface area contributed by atoms with E-state index >= 15 is 0 Å². The van der Waals surface area contributed by atoms with E-state index in [2.05, 4.69) is 0 Å². The summed E-state index contributed by atoms with van der Waals surface area (Å²) in [5, 5.41) is 9.08. The lowest BCUT2D eigenvalue weighted by Crippen LogP contribution is -1.87. The van der Waals surface area contributed by atoms with Crippen LogP contribution in [0, 0.1) is 0 Å². The zero-order valence-corrected chi connectivity index (χ0v) is 7.19. The van der Waals surface area contributed by atoms with Gasteiger partial charge in [-0.1, -0.05) is 6.07 Å². The standard InChI is InChI=1S/C8H11NOS/c1-11-5-6-2-3-8(10)7(9)4-6/h2-4,10H,5,9H2,1H3. The molecule has 11 heavy (non-hydrogen) atoms. The van der Waals surface area contributed by atoms with Crippen LogP contribution in [0.4, 0.5) is 5.69 Å². The van der Waals surface area contributed by atoms with Crippen molar-refractivity contribution in [1.29, 1.82) is 0 Å². The van der Waals surface area contributed by atoms with Gasteiger partial charge in [-0.3, -0.25) is 0 Å². The highest BCUT2D eigenvalue weighted by atomic mass is 32.2. The molecule has 60 valence electrons. The average Bonchev–Trinajstić information content (AvgIpc) is 1.98. The second kappa shape index (κ2) is 3.53. The van der Waals surface area contributed by atoms with Gasteiger partial charge in [0.25, 0.3) is 0 Å². The molecule has 3 heteroatoms. The third-order valence-electron chi connectivity index (χ3n) is 1.40. The summed E-state index contributed by atoms with van der Waals surface area (Å²) in [6.45, 7) is 0. The van der Waals surface area contributed by atoms with Crippen molar-refractivity contribution in [3.8, 4) is 5.75 Å². The minimum absolute atomic E-state index is 0.162. The summed E-state index contributed by atoms with van der Waals surface area (Å²) in [5.74, 6) is 1.10. The minimum atomic E-state index is 0.162. The molecule has 1 aromatic rings. The maximum atomic E-state index is 9.08. The Kier molecular flexibility index (Phi) is 2.65. The van der Waals surface area contributed by atoms with Gasteiger partial charge in [-0.25, -0.2) is 0 Å². The van der Waals surface area contributed by atoms with Gasteiger partial charge in [0.05, 0.1) is 5.69 Å². The molecule has 0 radical (unpaired) electrons. The molecule has 0 heterocycles. The van der Waals surface area contributed by atoms with Gasteiger partial charge in [0, 0.05) is 5.75 Å². The summed E-state index contributed by atoms with van der Waals surface area (Å²) in [4.78, 5) is 0. The number of phenolic OH excluding ortho intramolecular Hbond substituents is 1. The normalized spacial score (nSPS) is 9.91. The fraction of sp³-hybridized carbons (Fsp3) is 0.250. The molecule has 0 unspecified atom stereocenters. The Labute approximate surface area is 70.4 Å². The quantitative estimate of drug-likeness (QED) is 0.524. The maximum absolute atomic E-state index is 9.08. The van der Waals surface area contributed by atoms with Crippen LogP contribution in [0.15, 0.2) is 18.2 Å². The summed E-state index contributed by atoms with van der Waals surface area (Å²) >= 11 is 1.73. The summed E-state index contributed by atoms with van der Waals surface area (Å²) in [7, 11) is 0. The van der Waals surface area contributed by atoms with Crippen molar-refractivity contribution in [2.75, 3.05) is 12.0 Å². The highest BCUT2D eigenvalue weighted by Crippen LogP contribution is 2.22. The van der Waals surface area contributed by atoms with Crippen molar-refractivity contribution in [3.63, 3.8) is 0 Å². The first-order chi connectivity index (χ1) is 5.24. The molecule has 1 aromatic carbocycles. The van der Waals surface area contributed by atoms with E-state index in [4.69, 9.17) is 10.8 Å². The van der Waals surface area contributed by atoms with E-state index in [0.717, 1.165) is 11.3 Å². The summed E-state index contributed by atoms with van der Waals surface area (Å²) < 4.78 is 0. The van der Waals surface area contributed by atoms with E-state index in [1.807, 2.05) is 12.3 Å². The summed E-state index contributed by atoms with van der Waals surface area (Å²) in [6, 6.07) is 5.30. The van der Waals surface area contributed by atoms with Gasteiger partial charge in [0.2, 0.25) is 0 Å². The lowest BCUT2D eigenvalue weighted by atomic mass is 10.2. The molecule has 0 aromatic heterocycles. The Balaban J connectivity index is 2.86. The van der Waals surface area contributed by atoms with Crippen LogP contribution >= 0.6 is 11.8 Å². The van der Waals surface area contributed by atoms with Gasteiger partial charge in [-0.2, -0.15) is 11.8 Å². The van der Waals surface area contributed by atoms with Crippen molar-refractivity contribution < 1.29 is 5.11 Å². The van der Waals surface area contributed by atoms with Crippen LogP contribution in [0.25, 0.3) is 0 Å². The van der Waals surface area contributed by atoms with E-state index in [9.17, 15) is 0 Å². The van der Waals surface area contributed by atoms with Crippen LogP contribution < -0.4 is 5.73 Å². The van der Waals surface area contributed by atoms with Gasteiger partial charge >= 0.3 is 0 Å². The molecular formula is C8H11NOS. The Morgan fingerprint density at radius 1 is 1.55 bits per heavy atom. The molecule has 2 nitrogen and oxygen atoms in total. The van der Waals surface area contributed by atoms with Crippen LogP contribution in [0.2, 0.25) is 0 Å². The van der Waals surface area contributed by atoms with Gasteiger partial charge in [0.15, 0.2) is 0 Å². The summed E-state index contributed by atoms with van der Waals surface area (Å²) in [6.07, 6.45) is 2.03. The fourth-order valence-corrected chi connectivity index (χ4v) is 1.37. The molecule has 0 amide bonds. The number of rotatable bonds is 2. The number of phenols is 1. The van der Waals surface area contributed by atoms with Crippen molar-refractivity contribution in [2.45, 2.75) is 5.75 Å². The Morgan fingerprint density at radius 2 is 2.27 bits per heavy atom. The van der Waals surface area contributed by atoms with E-state index in [1.165, 1.54) is 0 Å². The van der Waals surface area contributed by atoms with Crippen molar-refractivity contribution in [1.82, 2.24) is 0 Å². The SMILES string of the molecule is CSCc1ccc(O)c(N)c1. The number of anilines is 1.